The van der Waals surface area contributed by atoms with E-state index in [1.807, 2.05) is 26.8 Å². The third-order valence-electron chi connectivity index (χ3n) is 2.32. The molecule has 1 aliphatic carbocycles. The number of hydrogen-bond donors (Lipinski definition) is 1. The summed E-state index contributed by atoms with van der Waals surface area (Å²) < 4.78 is 0. The van der Waals surface area contributed by atoms with Gasteiger partial charge in [-0.05, 0) is 24.8 Å². The molecule has 0 aliphatic heterocycles. The van der Waals surface area contributed by atoms with Crippen LogP contribution in [0.2, 0.25) is 0 Å². The Labute approximate surface area is 90.7 Å². The van der Waals surface area contributed by atoms with Crippen molar-refractivity contribution >= 4 is 5.97 Å². The van der Waals surface area contributed by atoms with Crippen molar-refractivity contribution in [2.24, 2.45) is 11.3 Å². The molecule has 0 heterocycles. The van der Waals surface area contributed by atoms with Crippen molar-refractivity contribution in [1.82, 2.24) is 0 Å². The number of aliphatic carboxylic acids is 1. The molecule has 0 radical (unpaired) electrons. The van der Waals surface area contributed by atoms with Crippen molar-refractivity contribution < 1.29 is 9.90 Å². The van der Waals surface area contributed by atoms with E-state index in [2.05, 4.69) is 6.58 Å². The second-order valence-corrected chi connectivity index (χ2v) is 4.22. The fourth-order valence-electron chi connectivity index (χ4n) is 1.13. The van der Waals surface area contributed by atoms with Gasteiger partial charge in [0.25, 0.3) is 0 Å². The van der Waals surface area contributed by atoms with Gasteiger partial charge in [0.15, 0.2) is 0 Å². The van der Waals surface area contributed by atoms with E-state index in [0.29, 0.717) is 5.57 Å². The normalized spacial score (nSPS) is 21.1. The Balaban J connectivity index is 0.000000265. The number of nitriles is 1. The van der Waals surface area contributed by atoms with Crippen LogP contribution in [0, 0.1) is 22.7 Å². The van der Waals surface area contributed by atoms with E-state index in [9.17, 15) is 4.79 Å². The minimum Gasteiger partial charge on any atom is -0.481 e. The summed E-state index contributed by atoms with van der Waals surface area (Å²) in [6.45, 7) is 9.22. The third-order valence-corrected chi connectivity index (χ3v) is 2.32. The molecule has 1 atom stereocenters. The molecule has 0 aromatic rings. The zero-order valence-electron chi connectivity index (χ0n) is 9.45. The van der Waals surface area contributed by atoms with Gasteiger partial charge < -0.3 is 5.11 Å². The highest BCUT2D eigenvalue weighted by molar-refractivity contribution is 5.74. The Morgan fingerprint density at radius 3 is 2.20 bits per heavy atom. The standard InChI is InChI=1S/C6H7N.C6H10O2/c1-3-4-6(2)5-7;1-6(2)3-4(6)5(7)8/h3-4H,2H2,1H3;4H,3H2,1-2H3,(H,7,8)/b4-3+;. The van der Waals surface area contributed by atoms with Gasteiger partial charge >= 0.3 is 5.97 Å². The van der Waals surface area contributed by atoms with Crippen LogP contribution < -0.4 is 0 Å². The van der Waals surface area contributed by atoms with Gasteiger partial charge in [0, 0.05) is 5.57 Å². The number of rotatable bonds is 2. The van der Waals surface area contributed by atoms with E-state index in [-0.39, 0.29) is 11.3 Å². The number of hydrogen-bond acceptors (Lipinski definition) is 2. The van der Waals surface area contributed by atoms with Crippen LogP contribution in [0.3, 0.4) is 0 Å². The topological polar surface area (TPSA) is 61.1 Å². The second-order valence-electron chi connectivity index (χ2n) is 4.22. The summed E-state index contributed by atoms with van der Waals surface area (Å²) in [5, 5.41) is 16.5. The molecule has 0 spiro atoms. The lowest BCUT2D eigenvalue weighted by molar-refractivity contribution is -0.139. The second kappa shape index (κ2) is 5.35. The maximum Gasteiger partial charge on any atom is 0.307 e. The average molecular weight is 207 g/mol. The molecule has 0 bridgehead atoms. The molecule has 1 rings (SSSR count). The van der Waals surface area contributed by atoms with E-state index >= 15 is 0 Å². The first-order valence-electron chi connectivity index (χ1n) is 4.79. The minimum absolute atomic E-state index is 0.0671. The van der Waals surface area contributed by atoms with Crippen LogP contribution in [0.1, 0.15) is 27.2 Å². The predicted molar refractivity (Wildman–Crippen MR) is 59.1 cm³/mol. The molecular formula is C12H17NO2. The Kier molecular flexibility index (Phi) is 4.80. The molecule has 1 N–H and O–H groups in total. The highest BCUT2D eigenvalue weighted by atomic mass is 16.4. The quantitative estimate of drug-likeness (QED) is 0.559. The molecule has 1 unspecified atom stereocenters. The van der Waals surface area contributed by atoms with Crippen LogP contribution in [-0.2, 0) is 4.79 Å². The molecule has 0 saturated heterocycles. The summed E-state index contributed by atoms with van der Waals surface area (Å²) in [7, 11) is 0. The zero-order chi connectivity index (χ0) is 12.1. The van der Waals surface area contributed by atoms with E-state index in [4.69, 9.17) is 10.4 Å². The lowest BCUT2D eigenvalue weighted by atomic mass is 10.1. The summed E-state index contributed by atoms with van der Waals surface area (Å²) >= 11 is 0. The largest absolute Gasteiger partial charge is 0.481 e. The van der Waals surface area contributed by atoms with Gasteiger partial charge in [0.2, 0.25) is 0 Å². The monoisotopic (exact) mass is 207 g/mol. The van der Waals surface area contributed by atoms with Crippen LogP contribution in [-0.4, -0.2) is 11.1 Å². The first-order chi connectivity index (χ1) is 6.85. The minimum atomic E-state index is -0.644. The number of allylic oxidation sites excluding steroid dienone is 3. The van der Waals surface area contributed by atoms with Crippen LogP contribution >= 0.6 is 0 Å². The number of nitrogens with zero attached hydrogens (tertiary/aromatic N) is 1. The molecule has 82 valence electrons. The maximum atomic E-state index is 10.2. The van der Waals surface area contributed by atoms with Gasteiger partial charge in [0.1, 0.15) is 0 Å². The average Bonchev–Trinajstić information content (AvgIpc) is 2.77. The molecule has 3 heteroatoms. The van der Waals surface area contributed by atoms with E-state index in [1.54, 1.807) is 12.2 Å². The van der Waals surface area contributed by atoms with E-state index in [0.717, 1.165) is 6.42 Å². The SMILES string of the molecule is C=C(C#N)/C=C/C.CC1(C)CC1C(=O)O. The van der Waals surface area contributed by atoms with Gasteiger partial charge in [-0.15, -0.1) is 0 Å². The van der Waals surface area contributed by atoms with Gasteiger partial charge in [-0.2, -0.15) is 5.26 Å². The lowest BCUT2D eigenvalue weighted by Gasteiger charge is -1.94. The number of carboxylic acids is 1. The number of carboxylic acid groups (broad SMARTS) is 1. The third kappa shape index (κ3) is 5.02. The van der Waals surface area contributed by atoms with Crippen molar-refractivity contribution in [3.05, 3.63) is 24.3 Å². The first kappa shape index (κ1) is 13.4. The van der Waals surface area contributed by atoms with E-state index < -0.39 is 5.97 Å². The molecule has 0 aromatic carbocycles. The fraction of sp³-hybridized carbons (Fsp3) is 0.500. The van der Waals surface area contributed by atoms with Gasteiger partial charge in [-0.25, -0.2) is 0 Å². The Morgan fingerprint density at radius 2 is 2.13 bits per heavy atom. The lowest BCUT2D eigenvalue weighted by Crippen LogP contribution is -2.02. The van der Waals surface area contributed by atoms with Crippen molar-refractivity contribution in [2.45, 2.75) is 27.2 Å². The maximum absolute atomic E-state index is 10.2. The Hall–Kier alpha value is -1.56. The summed E-state index contributed by atoms with van der Waals surface area (Å²) in [5.41, 5.74) is 0.591. The molecule has 0 amide bonds. The summed E-state index contributed by atoms with van der Waals surface area (Å²) in [6.07, 6.45) is 4.30. The van der Waals surface area contributed by atoms with Crippen LogP contribution in [0.5, 0.6) is 0 Å². The molecule has 0 aromatic heterocycles. The van der Waals surface area contributed by atoms with Gasteiger partial charge in [-0.1, -0.05) is 26.5 Å². The predicted octanol–water partition coefficient (Wildman–Crippen LogP) is 2.76. The summed E-state index contributed by atoms with van der Waals surface area (Å²) in [4.78, 5) is 10.2. The van der Waals surface area contributed by atoms with Crippen LogP contribution in [0.25, 0.3) is 0 Å². The molecule has 1 saturated carbocycles. The zero-order valence-corrected chi connectivity index (χ0v) is 9.45. The molecule has 1 fully saturated rings. The van der Waals surface area contributed by atoms with Gasteiger partial charge in [0.05, 0.1) is 12.0 Å². The van der Waals surface area contributed by atoms with Gasteiger partial charge in [-0.3, -0.25) is 4.79 Å². The highest BCUT2D eigenvalue weighted by Gasteiger charge is 2.50. The number of carbonyl (C=O) groups is 1. The molecule has 15 heavy (non-hydrogen) atoms. The fourth-order valence-corrected chi connectivity index (χ4v) is 1.13. The summed E-state index contributed by atoms with van der Waals surface area (Å²) in [5.74, 6) is -0.711. The molecule has 3 nitrogen and oxygen atoms in total. The summed E-state index contributed by atoms with van der Waals surface area (Å²) in [6, 6.07) is 1.88. The smallest absolute Gasteiger partial charge is 0.307 e. The van der Waals surface area contributed by atoms with Crippen LogP contribution in [0.15, 0.2) is 24.3 Å². The first-order valence-corrected chi connectivity index (χ1v) is 4.79. The Morgan fingerprint density at radius 1 is 1.67 bits per heavy atom. The molecule has 1 aliphatic rings. The Bertz CT molecular complexity index is 321. The van der Waals surface area contributed by atoms with Crippen molar-refractivity contribution in [2.75, 3.05) is 0 Å². The van der Waals surface area contributed by atoms with Crippen molar-refractivity contribution in [1.29, 1.82) is 5.26 Å². The van der Waals surface area contributed by atoms with Crippen molar-refractivity contribution in [3.63, 3.8) is 0 Å². The molecular weight excluding hydrogens is 190 g/mol. The van der Waals surface area contributed by atoms with Crippen molar-refractivity contribution in [3.8, 4) is 6.07 Å². The van der Waals surface area contributed by atoms with Crippen LogP contribution in [0.4, 0.5) is 0 Å². The highest BCUT2D eigenvalue weighted by Crippen LogP contribution is 2.51. The van der Waals surface area contributed by atoms with E-state index in [1.165, 1.54) is 0 Å².